The maximum absolute atomic E-state index is 10.5. The lowest BCUT2D eigenvalue weighted by Gasteiger charge is -2.06. The molecule has 0 aliphatic carbocycles. The quantitative estimate of drug-likeness (QED) is 0.729. The highest BCUT2D eigenvalue weighted by Crippen LogP contribution is 2.09. The van der Waals surface area contributed by atoms with Crippen molar-refractivity contribution in [2.45, 2.75) is 13.0 Å². The van der Waals surface area contributed by atoms with Gasteiger partial charge in [0.15, 0.2) is 6.10 Å². The van der Waals surface area contributed by atoms with Gasteiger partial charge in [-0.25, -0.2) is 9.78 Å². The molecule has 1 rings (SSSR count). The van der Waals surface area contributed by atoms with Crippen LogP contribution in [0, 0.1) is 12.3 Å². The van der Waals surface area contributed by atoms with Crippen LogP contribution in [-0.2, 0) is 0 Å². The molecule has 0 saturated heterocycles. The first-order valence-corrected chi connectivity index (χ1v) is 3.95. The fraction of sp³-hybridized carbons (Fsp3) is 0.200. The molecule has 0 aromatic carbocycles. The summed E-state index contributed by atoms with van der Waals surface area (Å²) < 4.78 is 5.16. The second kappa shape index (κ2) is 4.28. The average molecular weight is 191 g/mol. The molecule has 0 aliphatic rings. The van der Waals surface area contributed by atoms with Crippen molar-refractivity contribution in [2.24, 2.45) is 0 Å². The van der Waals surface area contributed by atoms with Gasteiger partial charge in [0.05, 0.1) is 5.56 Å². The van der Waals surface area contributed by atoms with Crippen LogP contribution in [0.4, 0.5) is 0 Å². The van der Waals surface area contributed by atoms with Crippen molar-refractivity contribution in [3.05, 3.63) is 23.9 Å². The summed E-state index contributed by atoms with van der Waals surface area (Å²) in [6.45, 7) is 1.70. The summed E-state index contributed by atoms with van der Waals surface area (Å²) in [5.41, 5.74) is 0.116. The zero-order valence-corrected chi connectivity index (χ0v) is 7.60. The summed E-state index contributed by atoms with van der Waals surface area (Å²) in [6.07, 6.45) is 5.95. The predicted octanol–water partition coefficient (Wildman–Crippen LogP) is 1.18. The number of aromatic carboxylic acids is 1. The molecule has 0 bridgehead atoms. The number of carboxylic acids is 1. The molecule has 1 atom stereocenters. The largest absolute Gasteiger partial charge is 0.478 e. The van der Waals surface area contributed by atoms with Gasteiger partial charge in [-0.2, -0.15) is 0 Å². The highest BCUT2D eigenvalue weighted by Gasteiger charge is 2.04. The van der Waals surface area contributed by atoms with E-state index >= 15 is 0 Å². The predicted molar refractivity (Wildman–Crippen MR) is 50.1 cm³/mol. The molecule has 0 spiro atoms. The minimum absolute atomic E-state index is 0.116. The third-order valence-corrected chi connectivity index (χ3v) is 1.52. The monoisotopic (exact) mass is 191 g/mol. The number of pyridine rings is 1. The molecule has 1 aromatic heterocycles. The van der Waals surface area contributed by atoms with Gasteiger partial charge in [0.2, 0.25) is 5.88 Å². The van der Waals surface area contributed by atoms with E-state index in [-0.39, 0.29) is 11.7 Å². The highest BCUT2D eigenvalue weighted by molar-refractivity contribution is 5.87. The minimum atomic E-state index is -1.02. The Bertz CT molecular complexity index is 364. The van der Waals surface area contributed by atoms with Crippen molar-refractivity contribution < 1.29 is 14.6 Å². The second-order valence-corrected chi connectivity index (χ2v) is 2.62. The van der Waals surface area contributed by atoms with Crippen molar-refractivity contribution >= 4 is 5.97 Å². The van der Waals surface area contributed by atoms with E-state index in [1.807, 2.05) is 0 Å². The lowest BCUT2D eigenvalue weighted by Crippen LogP contribution is -2.09. The number of hydrogen-bond donors (Lipinski definition) is 1. The van der Waals surface area contributed by atoms with E-state index in [1.165, 1.54) is 18.3 Å². The standard InChI is InChI=1S/C10H9NO3/c1-3-7(2)14-9-5-4-8(6-11-9)10(12)13/h1,4-7H,2H3,(H,12,13). The lowest BCUT2D eigenvalue weighted by molar-refractivity contribution is 0.0696. The Hall–Kier alpha value is -2.02. The molecular weight excluding hydrogens is 182 g/mol. The molecule has 1 aromatic rings. The minimum Gasteiger partial charge on any atom is -0.478 e. The van der Waals surface area contributed by atoms with Gasteiger partial charge in [0.1, 0.15) is 0 Å². The van der Waals surface area contributed by atoms with E-state index in [1.54, 1.807) is 6.92 Å². The average Bonchev–Trinajstić information content (AvgIpc) is 2.18. The fourth-order valence-electron chi connectivity index (χ4n) is 0.792. The van der Waals surface area contributed by atoms with E-state index in [2.05, 4.69) is 10.9 Å². The number of carboxylic acid groups (broad SMARTS) is 1. The molecule has 0 saturated carbocycles. The Kier molecular flexibility index (Phi) is 3.08. The van der Waals surface area contributed by atoms with Crippen molar-refractivity contribution in [1.29, 1.82) is 0 Å². The van der Waals surface area contributed by atoms with E-state index in [0.29, 0.717) is 5.88 Å². The van der Waals surface area contributed by atoms with Crippen LogP contribution in [0.2, 0.25) is 0 Å². The number of hydrogen-bond acceptors (Lipinski definition) is 3. The Morgan fingerprint density at radius 3 is 2.86 bits per heavy atom. The topological polar surface area (TPSA) is 59.4 Å². The van der Waals surface area contributed by atoms with Crippen molar-refractivity contribution in [3.8, 4) is 18.2 Å². The van der Waals surface area contributed by atoms with Gasteiger partial charge in [-0.3, -0.25) is 0 Å². The van der Waals surface area contributed by atoms with Gasteiger partial charge >= 0.3 is 5.97 Å². The van der Waals surface area contributed by atoms with Gasteiger partial charge in [0, 0.05) is 12.3 Å². The van der Waals surface area contributed by atoms with E-state index in [0.717, 1.165) is 0 Å². The van der Waals surface area contributed by atoms with Crippen molar-refractivity contribution in [3.63, 3.8) is 0 Å². The summed E-state index contributed by atoms with van der Waals surface area (Å²) in [5.74, 6) is 1.67. The first-order valence-electron chi connectivity index (χ1n) is 3.95. The van der Waals surface area contributed by atoms with Gasteiger partial charge < -0.3 is 9.84 Å². The number of carbonyl (C=O) groups is 1. The van der Waals surface area contributed by atoms with Crippen LogP contribution >= 0.6 is 0 Å². The maximum atomic E-state index is 10.5. The SMILES string of the molecule is C#CC(C)Oc1ccc(C(=O)O)cn1. The van der Waals surface area contributed by atoms with Crippen LogP contribution in [0.3, 0.4) is 0 Å². The number of aromatic nitrogens is 1. The highest BCUT2D eigenvalue weighted by atomic mass is 16.5. The van der Waals surface area contributed by atoms with E-state index in [9.17, 15) is 4.79 Å². The summed E-state index contributed by atoms with van der Waals surface area (Å²) >= 11 is 0. The number of rotatable bonds is 3. The molecule has 4 nitrogen and oxygen atoms in total. The van der Waals surface area contributed by atoms with Crippen LogP contribution < -0.4 is 4.74 Å². The van der Waals surface area contributed by atoms with Gasteiger partial charge in [-0.15, -0.1) is 6.42 Å². The Balaban J connectivity index is 2.75. The first-order chi connectivity index (χ1) is 6.63. The third-order valence-electron chi connectivity index (χ3n) is 1.52. The Morgan fingerprint density at radius 1 is 1.71 bits per heavy atom. The second-order valence-electron chi connectivity index (χ2n) is 2.62. The molecule has 1 N–H and O–H groups in total. The summed E-state index contributed by atoms with van der Waals surface area (Å²) in [6, 6.07) is 2.88. The normalized spacial score (nSPS) is 11.4. The third kappa shape index (κ3) is 2.49. The van der Waals surface area contributed by atoms with Crippen LogP contribution in [-0.4, -0.2) is 22.2 Å². The molecule has 14 heavy (non-hydrogen) atoms. The van der Waals surface area contributed by atoms with Gasteiger partial charge in [-0.1, -0.05) is 5.92 Å². The molecule has 4 heteroatoms. The molecule has 1 unspecified atom stereocenters. The van der Waals surface area contributed by atoms with Crippen LogP contribution in [0.25, 0.3) is 0 Å². The number of terminal acetylenes is 1. The number of nitrogens with zero attached hydrogens (tertiary/aromatic N) is 1. The molecule has 72 valence electrons. The van der Waals surface area contributed by atoms with Gasteiger partial charge in [0.25, 0.3) is 0 Å². The van der Waals surface area contributed by atoms with E-state index in [4.69, 9.17) is 16.3 Å². The zero-order chi connectivity index (χ0) is 10.6. The number of ether oxygens (including phenoxy) is 1. The fourth-order valence-corrected chi connectivity index (χ4v) is 0.792. The van der Waals surface area contributed by atoms with Crippen LogP contribution in [0.1, 0.15) is 17.3 Å². The summed E-state index contributed by atoms with van der Waals surface area (Å²) in [7, 11) is 0. The lowest BCUT2D eigenvalue weighted by atomic mass is 10.3. The molecule has 0 amide bonds. The Labute approximate surface area is 81.5 Å². The smallest absolute Gasteiger partial charge is 0.337 e. The van der Waals surface area contributed by atoms with Crippen molar-refractivity contribution in [1.82, 2.24) is 4.98 Å². The van der Waals surface area contributed by atoms with Crippen molar-refractivity contribution in [2.75, 3.05) is 0 Å². The molecule has 0 fully saturated rings. The maximum Gasteiger partial charge on any atom is 0.337 e. The molecule has 0 radical (unpaired) electrons. The first kappa shape index (κ1) is 10.1. The van der Waals surface area contributed by atoms with Crippen LogP contribution in [0.15, 0.2) is 18.3 Å². The zero-order valence-electron chi connectivity index (χ0n) is 7.60. The van der Waals surface area contributed by atoms with E-state index < -0.39 is 5.97 Å². The summed E-state index contributed by atoms with van der Waals surface area (Å²) in [4.78, 5) is 14.3. The molecule has 1 heterocycles. The van der Waals surface area contributed by atoms with Gasteiger partial charge in [-0.05, 0) is 13.0 Å². The Morgan fingerprint density at radius 2 is 2.43 bits per heavy atom. The van der Waals surface area contributed by atoms with Crippen LogP contribution in [0.5, 0.6) is 5.88 Å². The summed E-state index contributed by atoms with van der Waals surface area (Å²) in [5, 5.41) is 8.59. The molecule has 0 aliphatic heterocycles. The molecular formula is C10H9NO3.